The molecule has 21 heteroatoms. The van der Waals surface area contributed by atoms with E-state index in [4.69, 9.17) is 0 Å². The van der Waals surface area contributed by atoms with Gasteiger partial charge in [0, 0.05) is 19.8 Å². The van der Waals surface area contributed by atoms with Crippen molar-refractivity contribution < 1.29 is 63.6 Å². The van der Waals surface area contributed by atoms with Crippen molar-refractivity contribution in [2.45, 2.75) is 141 Å². The molecule has 0 heterocycles. The Kier molecular flexibility index (Phi) is 24.4. The van der Waals surface area contributed by atoms with Crippen LogP contribution in [0.15, 0.2) is 30.3 Å². The fourth-order valence-corrected chi connectivity index (χ4v) is 6.59. The van der Waals surface area contributed by atoms with E-state index in [1.165, 1.54) is 32.5 Å². The van der Waals surface area contributed by atoms with Gasteiger partial charge in [-0.3, -0.25) is 38.4 Å². The van der Waals surface area contributed by atoms with Crippen LogP contribution < -0.4 is 37.2 Å². The Hall–Kier alpha value is -5.28. The Morgan fingerprint density at radius 1 is 0.645 bits per heavy atom. The van der Waals surface area contributed by atoms with Gasteiger partial charge in [0.25, 0.3) is 0 Å². The molecule has 348 valence electrons. The quantitative estimate of drug-likeness (QED) is 0.0491. The minimum atomic E-state index is -1.66. The van der Waals surface area contributed by atoms with Gasteiger partial charge < -0.3 is 57.6 Å². The van der Waals surface area contributed by atoms with Crippen molar-refractivity contribution in [1.82, 2.24) is 37.2 Å². The van der Waals surface area contributed by atoms with E-state index >= 15 is 0 Å². The Bertz CT molecular complexity index is 1680. The van der Waals surface area contributed by atoms with Crippen LogP contribution in [0.1, 0.15) is 86.1 Å². The van der Waals surface area contributed by atoms with Crippen molar-refractivity contribution in [3.8, 4) is 0 Å². The molecule has 0 saturated carbocycles. The zero-order valence-electron chi connectivity index (χ0n) is 36.6. The standard InChI is InChI=1S/C41H65N7O13S/c1-21(2)18-29(46-38(57)28(16-17-62-8)45-39(58)34(22(3)4)43-25(7)50)31(51)20-32(52)48-35(24(6)49)40(59)42-23(5)36(55)44-27(14-15-33(53)54)37(56)47-30(41(60)61)19-26-12-10-9-11-13-26/h9-13,21-24,27-31,34-35,49,51H,14-20H2,1-8H3,(H,42,59)(H,43,50)(H,44,55)(H,45,58)(H,46,57)(H,47,56)(H,48,52)(H,53,54)(H,60,61)/t23-,24?,27-,28-,29?,30-,31?,34-,35-/m0/s1. The molecule has 9 atom stereocenters. The highest BCUT2D eigenvalue weighted by Crippen LogP contribution is 2.14. The maximum Gasteiger partial charge on any atom is 0.326 e. The second-order valence-electron chi connectivity index (χ2n) is 15.9. The van der Waals surface area contributed by atoms with Gasteiger partial charge >= 0.3 is 11.9 Å². The molecule has 11 N–H and O–H groups in total. The SMILES string of the molecule is CSCC[C@H](NC(=O)[C@@H](NC(C)=O)C(C)C)C(=O)NC(CC(C)C)C(O)CC(=O)N[C@H](C(=O)N[C@@H](C)C(=O)N[C@@H](CCC(=O)O)C(=O)N[C@@H](Cc1ccccc1)C(=O)O)C(C)O. The summed E-state index contributed by atoms with van der Waals surface area (Å²) in [5.74, 6) is -8.10. The molecule has 20 nitrogen and oxygen atoms in total. The number of aliphatic hydroxyl groups excluding tert-OH is 2. The third-order valence-electron chi connectivity index (χ3n) is 9.47. The van der Waals surface area contributed by atoms with Gasteiger partial charge in [0.05, 0.1) is 24.7 Å². The van der Waals surface area contributed by atoms with Crippen molar-refractivity contribution in [3.05, 3.63) is 35.9 Å². The highest BCUT2D eigenvalue weighted by Gasteiger charge is 2.34. The predicted octanol–water partition coefficient (Wildman–Crippen LogP) is -0.801. The fourth-order valence-electron chi connectivity index (χ4n) is 6.12. The van der Waals surface area contributed by atoms with Crippen LogP contribution >= 0.6 is 11.8 Å². The van der Waals surface area contributed by atoms with Crippen molar-refractivity contribution in [3.63, 3.8) is 0 Å². The van der Waals surface area contributed by atoms with Crippen LogP contribution in [0.4, 0.5) is 0 Å². The summed E-state index contributed by atoms with van der Waals surface area (Å²) in [5, 5.41) is 57.9. The lowest BCUT2D eigenvalue weighted by Gasteiger charge is -2.30. The summed E-state index contributed by atoms with van der Waals surface area (Å²) in [7, 11) is 0. The Balaban J connectivity index is 3.08. The number of amides is 7. The van der Waals surface area contributed by atoms with Gasteiger partial charge in [-0.1, -0.05) is 58.0 Å². The van der Waals surface area contributed by atoms with Gasteiger partial charge in [-0.05, 0) is 62.5 Å². The van der Waals surface area contributed by atoms with E-state index in [2.05, 4.69) is 37.2 Å². The lowest BCUT2D eigenvalue weighted by molar-refractivity contribution is -0.143. The van der Waals surface area contributed by atoms with Crippen molar-refractivity contribution >= 4 is 65.1 Å². The third-order valence-corrected chi connectivity index (χ3v) is 10.1. The number of benzene rings is 1. The van der Waals surface area contributed by atoms with Gasteiger partial charge in [0.15, 0.2) is 0 Å². The van der Waals surface area contributed by atoms with Crippen LogP contribution in [0.25, 0.3) is 0 Å². The molecule has 3 unspecified atom stereocenters. The number of carboxylic acid groups (broad SMARTS) is 2. The number of aliphatic carboxylic acids is 2. The number of hydrogen-bond donors (Lipinski definition) is 11. The van der Waals surface area contributed by atoms with Crippen LogP contribution in [0.2, 0.25) is 0 Å². The van der Waals surface area contributed by atoms with Crippen LogP contribution in [0.3, 0.4) is 0 Å². The monoisotopic (exact) mass is 895 g/mol. The summed E-state index contributed by atoms with van der Waals surface area (Å²) >= 11 is 1.44. The number of nitrogens with one attached hydrogen (secondary N) is 7. The fraction of sp³-hybridized carbons (Fsp3) is 0.634. The van der Waals surface area contributed by atoms with E-state index in [0.29, 0.717) is 11.3 Å². The van der Waals surface area contributed by atoms with Crippen LogP contribution in [-0.4, -0.2) is 140 Å². The average Bonchev–Trinajstić information content (AvgIpc) is 3.17. The minimum absolute atomic E-state index is 0.0892. The van der Waals surface area contributed by atoms with Gasteiger partial charge in [-0.15, -0.1) is 0 Å². The predicted molar refractivity (Wildman–Crippen MR) is 229 cm³/mol. The summed E-state index contributed by atoms with van der Waals surface area (Å²) in [4.78, 5) is 115. The molecule has 0 spiro atoms. The molecule has 0 fully saturated rings. The second kappa shape index (κ2) is 27.6. The van der Waals surface area contributed by atoms with Crippen molar-refractivity contribution in [2.24, 2.45) is 11.8 Å². The summed E-state index contributed by atoms with van der Waals surface area (Å²) in [6.45, 7) is 10.8. The molecule has 62 heavy (non-hydrogen) atoms. The van der Waals surface area contributed by atoms with Gasteiger partial charge in [-0.2, -0.15) is 11.8 Å². The number of carboxylic acids is 2. The smallest absolute Gasteiger partial charge is 0.326 e. The van der Waals surface area contributed by atoms with E-state index in [1.54, 1.807) is 44.2 Å². The number of rotatable bonds is 28. The van der Waals surface area contributed by atoms with Crippen LogP contribution in [-0.2, 0) is 49.6 Å². The third kappa shape index (κ3) is 20.5. The Morgan fingerprint density at radius 2 is 1.19 bits per heavy atom. The number of hydrogen-bond acceptors (Lipinski definition) is 12. The molecular formula is C41H65N7O13S. The first-order valence-electron chi connectivity index (χ1n) is 20.4. The van der Waals surface area contributed by atoms with Gasteiger partial charge in [0.1, 0.15) is 36.3 Å². The molecule has 0 saturated heterocycles. The highest BCUT2D eigenvalue weighted by molar-refractivity contribution is 7.98. The van der Waals surface area contributed by atoms with Crippen molar-refractivity contribution in [2.75, 3.05) is 12.0 Å². The Morgan fingerprint density at radius 3 is 1.71 bits per heavy atom. The summed E-state index contributed by atoms with van der Waals surface area (Å²) < 4.78 is 0. The molecule has 7 amide bonds. The number of carbonyl (C=O) groups excluding carboxylic acids is 7. The highest BCUT2D eigenvalue weighted by atomic mass is 32.2. The first-order chi connectivity index (χ1) is 29.0. The number of thioether (sulfide) groups is 1. The molecular weight excluding hydrogens is 831 g/mol. The summed E-state index contributed by atoms with van der Waals surface area (Å²) in [6, 6.07) is -0.610. The molecule has 0 aliphatic carbocycles. The first-order valence-corrected chi connectivity index (χ1v) is 21.8. The maximum atomic E-state index is 13.6. The van der Waals surface area contributed by atoms with Crippen LogP contribution in [0, 0.1) is 11.8 Å². The molecule has 0 aliphatic heterocycles. The second-order valence-corrected chi connectivity index (χ2v) is 16.9. The lowest BCUT2D eigenvalue weighted by atomic mass is 9.96. The summed E-state index contributed by atoms with van der Waals surface area (Å²) in [5.41, 5.74) is 0.591. The topological polar surface area (TPSA) is 319 Å². The molecule has 0 aromatic heterocycles. The maximum absolute atomic E-state index is 13.6. The summed E-state index contributed by atoms with van der Waals surface area (Å²) in [6.07, 6.45) is -2.56. The van der Waals surface area contributed by atoms with E-state index in [-0.39, 0.29) is 31.1 Å². The average molecular weight is 896 g/mol. The van der Waals surface area contributed by atoms with E-state index in [9.17, 15) is 63.6 Å². The normalized spacial score (nSPS) is 15.5. The van der Waals surface area contributed by atoms with Gasteiger partial charge in [0.2, 0.25) is 41.4 Å². The minimum Gasteiger partial charge on any atom is -0.481 e. The molecule has 0 aliphatic rings. The van der Waals surface area contributed by atoms with E-state index in [1.807, 2.05) is 20.1 Å². The Labute approximate surface area is 366 Å². The zero-order valence-corrected chi connectivity index (χ0v) is 37.4. The molecule has 0 bridgehead atoms. The van der Waals surface area contributed by atoms with Crippen molar-refractivity contribution in [1.29, 1.82) is 0 Å². The van der Waals surface area contributed by atoms with E-state index in [0.717, 1.165) is 0 Å². The largest absolute Gasteiger partial charge is 0.481 e. The first kappa shape index (κ1) is 54.7. The number of carbonyl (C=O) groups is 9. The van der Waals surface area contributed by atoms with Crippen LogP contribution in [0.5, 0.6) is 0 Å². The zero-order chi connectivity index (χ0) is 47.3. The van der Waals surface area contributed by atoms with E-state index < -0.39 is 127 Å². The molecule has 1 aromatic rings. The molecule has 1 aromatic carbocycles. The van der Waals surface area contributed by atoms with Gasteiger partial charge in [-0.25, -0.2) is 4.79 Å². The molecule has 1 rings (SSSR count). The lowest BCUT2D eigenvalue weighted by Crippen LogP contribution is -2.59. The number of aliphatic hydroxyl groups is 2. The molecule has 0 radical (unpaired) electrons.